The Morgan fingerprint density at radius 1 is 1.03 bits per heavy atom. The van der Waals surface area contributed by atoms with Crippen molar-refractivity contribution in [3.8, 4) is 0 Å². The van der Waals surface area contributed by atoms with E-state index in [0.29, 0.717) is 18.6 Å². The molecule has 2 saturated heterocycles. The molecule has 2 atom stereocenters. The number of likely N-dealkylation sites (N-methyl/N-ethyl adjacent to an activating group) is 1. The molecule has 4 aromatic rings. The molecule has 2 aliphatic rings. The first-order valence-electron chi connectivity index (χ1n) is 12.3. The number of nitrogens with zero attached hydrogens (tertiary/aromatic N) is 5. The molecule has 8 nitrogen and oxygen atoms in total. The number of hydrogen-bond donors (Lipinski definition) is 2. The van der Waals surface area contributed by atoms with Crippen molar-refractivity contribution in [2.45, 2.75) is 24.9 Å². The van der Waals surface area contributed by atoms with Crippen LogP contribution in [0, 0.1) is 0 Å². The summed E-state index contributed by atoms with van der Waals surface area (Å²) in [5.41, 5.74) is 4.18. The molecule has 0 saturated carbocycles. The fraction of sp³-hybridized carbons (Fsp3) is 0.333. The normalized spacial score (nSPS) is 20.3. The predicted octanol–water partition coefficient (Wildman–Crippen LogP) is 4.72. The maximum Gasteiger partial charge on any atom is 0.231 e. The van der Waals surface area contributed by atoms with Crippen LogP contribution in [0.1, 0.15) is 24.4 Å². The van der Waals surface area contributed by atoms with Gasteiger partial charge in [0.2, 0.25) is 5.95 Å². The lowest BCUT2D eigenvalue weighted by Crippen LogP contribution is -2.31. The fourth-order valence-corrected chi connectivity index (χ4v) is 5.11. The first-order valence-corrected chi connectivity index (χ1v) is 12.3. The molecule has 0 aliphatic carbocycles. The van der Waals surface area contributed by atoms with Gasteiger partial charge in [-0.05, 0) is 50.3 Å². The number of aromatic nitrogens is 3. The molecule has 180 valence electrons. The third-order valence-corrected chi connectivity index (χ3v) is 7.05. The molecular formula is C27H31N7O. The Morgan fingerprint density at radius 3 is 2.74 bits per heavy atom. The Morgan fingerprint density at radius 2 is 1.91 bits per heavy atom. The number of H-pyrrole nitrogens is 1. The van der Waals surface area contributed by atoms with Crippen LogP contribution < -0.4 is 15.3 Å². The smallest absolute Gasteiger partial charge is 0.231 e. The van der Waals surface area contributed by atoms with Crippen molar-refractivity contribution < 1.29 is 4.84 Å². The van der Waals surface area contributed by atoms with E-state index in [1.165, 1.54) is 17.7 Å². The van der Waals surface area contributed by atoms with Crippen LogP contribution in [0.15, 0.2) is 66.9 Å². The SMILES string of the molecule is CN(C)[C@H]1CCN(c2cccc(Nc3nc(N4OCC[C@H]4c4ccccc4)c4cc[nH]c4n3)c2)C1. The topological polar surface area (TPSA) is 72.6 Å². The van der Waals surface area contributed by atoms with E-state index in [0.717, 1.165) is 42.0 Å². The molecule has 0 bridgehead atoms. The van der Waals surface area contributed by atoms with E-state index in [9.17, 15) is 0 Å². The van der Waals surface area contributed by atoms with Gasteiger partial charge in [-0.15, -0.1) is 0 Å². The minimum absolute atomic E-state index is 0.111. The molecule has 35 heavy (non-hydrogen) atoms. The van der Waals surface area contributed by atoms with E-state index >= 15 is 0 Å². The van der Waals surface area contributed by atoms with Gasteiger partial charge in [0.15, 0.2) is 5.82 Å². The van der Waals surface area contributed by atoms with Gasteiger partial charge in [-0.1, -0.05) is 36.4 Å². The average Bonchev–Trinajstić information content (AvgIpc) is 3.65. The Bertz CT molecular complexity index is 1310. The first-order chi connectivity index (χ1) is 17.2. The maximum absolute atomic E-state index is 6.10. The zero-order valence-corrected chi connectivity index (χ0v) is 20.2. The summed E-state index contributed by atoms with van der Waals surface area (Å²) in [7, 11) is 4.31. The third kappa shape index (κ3) is 4.31. The van der Waals surface area contributed by atoms with Crippen LogP contribution in [0.25, 0.3) is 11.0 Å². The minimum Gasteiger partial charge on any atom is -0.370 e. The summed E-state index contributed by atoms with van der Waals surface area (Å²) in [6.07, 6.45) is 3.99. The van der Waals surface area contributed by atoms with Crippen molar-refractivity contribution in [3.63, 3.8) is 0 Å². The zero-order valence-electron chi connectivity index (χ0n) is 20.2. The predicted molar refractivity (Wildman–Crippen MR) is 140 cm³/mol. The van der Waals surface area contributed by atoms with Gasteiger partial charge >= 0.3 is 0 Å². The van der Waals surface area contributed by atoms with E-state index in [4.69, 9.17) is 14.8 Å². The number of anilines is 4. The van der Waals surface area contributed by atoms with Gasteiger partial charge in [-0.2, -0.15) is 9.97 Å². The molecule has 2 aromatic carbocycles. The number of benzene rings is 2. The molecule has 8 heteroatoms. The summed E-state index contributed by atoms with van der Waals surface area (Å²) >= 11 is 0. The number of nitrogens with one attached hydrogen (secondary N) is 2. The zero-order chi connectivity index (χ0) is 23.8. The highest BCUT2D eigenvalue weighted by atomic mass is 16.7. The quantitative estimate of drug-likeness (QED) is 0.423. The van der Waals surface area contributed by atoms with Crippen molar-refractivity contribution >= 4 is 34.2 Å². The molecule has 2 N–H and O–H groups in total. The van der Waals surface area contributed by atoms with Crippen LogP contribution >= 0.6 is 0 Å². The molecule has 0 unspecified atom stereocenters. The van der Waals surface area contributed by atoms with Crippen molar-refractivity contribution in [1.82, 2.24) is 19.9 Å². The number of hydroxylamine groups is 1. The van der Waals surface area contributed by atoms with E-state index in [-0.39, 0.29) is 6.04 Å². The standard InChI is InChI=1S/C27H31N7O/c1-32(2)22-12-15-33(18-22)21-10-6-9-20(17-21)29-27-30-25-23(11-14-28-25)26(31-27)34-24(13-16-35-34)19-7-4-3-5-8-19/h3-11,14,17,22,24H,12-13,15-16,18H2,1-2H3,(H2,28,29,30,31)/t22-,24-/m0/s1. The number of rotatable bonds is 6. The summed E-state index contributed by atoms with van der Waals surface area (Å²) in [6, 6.07) is 21.7. The molecule has 4 heterocycles. The number of hydrogen-bond acceptors (Lipinski definition) is 7. The molecule has 2 aliphatic heterocycles. The van der Waals surface area contributed by atoms with Gasteiger partial charge in [-0.25, -0.2) is 5.06 Å². The molecule has 0 radical (unpaired) electrons. The van der Waals surface area contributed by atoms with Crippen LogP contribution in [-0.4, -0.2) is 59.7 Å². The van der Waals surface area contributed by atoms with Gasteiger partial charge in [-0.3, -0.25) is 4.84 Å². The molecule has 6 rings (SSSR count). The van der Waals surface area contributed by atoms with E-state index in [1.807, 2.05) is 23.4 Å². The summed E-state index contributed by atoms with van der Waals surface area (Å²) in [5, 5.41) is 6.33. The Kier molecular flexibility index (Phi) is 5.75. The van der Waals surface area contributed by atoms with Crippen molar-refractivity contribution in [2.75, 3.05) is 49.1 Å². The molecule has 2 fully saturated rings. The lowest BCUT2D eigenvalue weighted by molar-refractivity contribution is 0.157. The minimum atomic E-state index is 0.111. The fourth-order valence-electron chi connectivity index (χ4n) is 5.11. The summed E-state index contributed by atoms with van der Waals surface area (Å²) in [4.78, 5) is 23.8. The molecule has 0 spiro atoms. The van der Waals surface area contributed by atoms with Crippen LogP contribution in [0.2, 0.25) is 0 Å². The Balaban J connectivity index is 1.29. The first kappa shape index (κ1) is 21.9. The van der Waals surface area contributed by atoms with Gasteiger partial charge in [0.1, 0.15) is 5.65 Å². The second-order valence-electron chi connectivity index (χ2n) is 9.51. The highest BCUT2D eigenvalue weighted by molar-refractivity contribution is 5.88. The van der Waals surface area contributed by atoms with Crippen LogP contribution in [-0.2, 0) is 4.84 Å². The van der Waals surface area contributed by atoms with Crippen molar-refractivity contribution in [1.29, 1.82) is 0 Å². The number of fused-ring (bicyclic) bond motifs is 1. The summed E-state index contributed by atoms with van der Waals surface area (Å²) in [5.74, 6) is 1.32. The summed E-state index contributed by atoms with van der Waals surface area (Å²) < 4.78 is 0. The Labute approximate surface area is 205 Å². The van der Waals surface area contributed by atoms with Gasteiger partial charge in [0.25, 0.3) is 0 Å². The highest BCUT2D eigenvalue weighted by Crippen LogP contribution is 2.37. The lowest BCUT2D eigenvalue weighted by Gasteiger charge is -2.25. The van der Waals surface area contributed by atoms with Gasteiger partial charge in [0, 0.05) is 43.1 Å². The second-order valence-corrected chi connectivity index (χ2v) is 9.51. The molecule has 0 amide bonds. The van der Waals surface area contributed by atoms with Gasteiger partial charge < -0.3 is 20.1 Å². The van der Waals surface area contributed by atoms with E-state index < -0.39 is 0 Å². The van der Waals surface area contributed by atoms with Gasteiger partial charge in [0.05, 0.1) is 18.0 Å². The second kappa shape index (κ2) is 9.20. The van der Waals surface area contributed by atoms with E-state index in [1.54, 1.807) is 0 Å². The van der Waals surface area contributed by atoms with Crippen LogP contribution in [0.3, 0.4) is 0 Å². The summed E-state index contributed by atoms with van der Waals surface area (Å²) in [6.45, 7) is 2.76. The number of aromatic amines is 1. The third-order valence-electron chi connectivity index (χ3n) is 7.05. The van der Waals surface area contributed by atoms with Crippen molar-refractivity contribution in [2.24, 2.45) is 0 Å². The van der Waals surface area contributed by atoms with Crippen LogP contribution in [0.5, 0.6) is 0 Å². The Hall–Kier alpha value is -3.62. The highest BCUT2D eigenvalue weighted by Gasteiger charge is 2.31. The molecule has 2 aromatic heterocycles. The lowest BCUT2D eigenvalue weighted by atomic mass is 10.0. The monoisotopic (exact) mass is 469 g/mol. The largest absolute Gasteiger partial charge is 0.370 e. The van der Waals surface area contributed by atoms with Crippen LogP contribution in [0.4, 0.5) is 23.1 Å². The van der Waals surface area contributed by atoms with E-state index in [2.05, 4.69) is 82.7 Å². The molecular weight excluding hydrogens is 438 g/mol. The average molecular weight is 470 g/mol. The maximum atomic E-state index is 6.10. The van der Waals surface area contributed by atoms with Crippen molar-refractivity contribution in [3.05, 3.63) is 72.4 Å².